The average molecular weight is 513 g/mol. The van der Waals surface area contributed by atoms with Crippen molar-refractivity contribution in [2.75, 3.05) is 18.1 Å². The van der Waals surface area contributed by atoms with E-state index in [-0.39, 0.29) is 25.0 Å². The molecule has 4 rings (SSSR count). The number of likely N-dealkylation sites (tertiary alicyclic amines) is 1. The summed E-state index contributed by atoms with van der Waals surface area (Å²) in [6.45, 7) is 13.5. The maximum atomic E-state index is 14.6. The molecule has 2 unspecified atom stereocenters. The van der Waals surface area contributed by atoms with Gasteiger partial charge in [0.15, 0.2) is 0 Å². The Morgan fingerprint density at radius 3 is 2.57 bits per heavy atom. The molecule has 3 aliphatic rings. The standard InChI is InChI=1S/C29H40N2O6/c1-7-13-30(21-15-18(5)9-10-19(21)6)26(34)24-29-12-11-28(8-2,37-29)23(27(35)36)22(29)25(33)31(24)20(16-32)14-17(3)4/h7,9-10,15,17,20,22-24,32H,1,8,11-14,16H2,2-6H3,(H,35,36)/t20-,22+,23+,24?,28-,29?/m1/s1. The molecule has 0 aromatic heterocycles. The van der Waals surface area contributed by atoms with Crippen LogP contribution in [0.25, 0.3) is 0 Å². The zero-order chi connectivity index (χ0) is 27.3. The monoisotopic (exact) mass is 512 g/mol. The van der Waals surface area contributed by atoms with Crippen LogP contribution in [0.4, 0.5) is 5.69 Å². The van der Waals surface area contributed by atoms with Crippen molar-refractivity contribution in [3.8, 4) is 0 Å². The first-order valence-corrected chi connectivity index (χ1v) is 13.3. The van der Waals surface area contributed by atoms with Gasteiger partial charge in [0.2, 0.25) is 5.91 Å². The number of aliphatic hydroxyl groups excluding tert-OH is 1. The fourth-order valence-corrected chi connectivity index (χ4v) is 7.12. The number of carboxylic acid groups (broad SMARTS) is 1. The summed E-state index contributed by atoms with van der Waals surface area (Å²) in [6.07, 6.45) is 3.47. The third-order valence-electron chi connectivity index (χ3n) is 8.70. The van der Waals surface area contributed by atoms with Crippen molar-refractivity contribution in [2.45, 2.75) is 83.6 Å². The summed E-state index contributed by atoms with van der Waals surface area (Å²) < 4.78 is 6.65. The summed E-state index contributed by atoms with van der Waals surface area (Å²) in [6, 6.07) is 4.19. The lowest BCUT2D eigenvalue weighted by atomic mass is 9.65. The highest BCUT2D eigenvalue weighted by Crippen LogP contribution is 2.64. The Labute approximate surface area is 219 Å². The lowest BCUT2D eigenvalue weighted by Gasteiger charge is -2.40. The minimum atomic E-state index is -1.26. The summed E-state index contributed by atoms with van der Waals surface area (Å²) in [4.78, 5) is 44.5. The van der Waals surface area contributed by atoms with Crippen LogP contribution >= 0.6 is 0 Å². The Morgan fingerprint density at radius 2 is 2.00 bits per heavy atom. The molecule has 0 saturated carbocycles. The van der Waals surface area contributed by atoms with E-state index < -0.39 is 47.0 Å². The van der Waals surface area contributed by atoms with Gasteiger partial charge < -0.3 is 24.7 Å². The van der Waals surface area contributed by atoms with Crippen molar-refractivity contribution in [3.63, 3.8) is 0 Å². The molecule has 2 N–H and O–H groups in total. The molecule has 1 aromatic carbocycles. The van der Waals surface area contributed by atoms with Gasteiger partial charge in [-0.15, -0.1) is 6.58 Å². The molecule has 0 radical (unpaired) electrons. The SMILES string of the molecule is C=CCN(C(=O)C1N([C@@H](CO)CC(C)C)C(=O)[C@@H]2[C@@H](C(=O)O)[C@@]3(CC)CCC12O3)c1cc(C)ccc1C. The predicted molar refractivity (Wildman–Crippen MR) is 140 cm³/mol. The number of hydrogen-bond acceptors (Lipinski definition) is 5. The van der Waals surface area contributed by atoms with Crippen LogP contribution in [0.5, 0.6) is 0 Å². The van der Waals surface area contributed by atoms with Gasteiger partial charge in [-0.2, -0.15) is 0 Å². The number of benzene rings is 1. The van der Waals surface area contributed by atoms with E-state index in [1.807, 2.05) is 52.8 Å². The zero-order valence-electron chi connectivity index (χ0n) is 22.6. The van der Waals surface area contributed by atoms with E-state index in [0.717, 1.165) is 11.1 Å². The lowest BCUT2D eigenvalue weighted by Crippen LogP contribution is -2.59. The van der Waals surface area contributed by atoms with Crippen LogP contribution in [0.2, 0.25) is 0 Å². The largest absolute Gasteiger partial charge is 0.481 e. The van der Waals surface area contributed by atoms with Gasteiger partial charge in [0.05, 0.1) is 24.2 Å². The predicted octanol–water partition coefficient (Wildman–Crippen LogP) is 3.47. The number of aliphatic carboxylic acids is 1. The molecule has 2 bridgehead atoms. The molecule has 1 aromatic rings. The molecule has 8 nitrogen and oxygen atoms in total. The Kier molecular flexibility index (Phi) is 7.29. The van der Waals surface area contributed by atoms with E-state index in [4.69, 9.17) is 4.74 Å². The van der Waals surface area contributed by atoms with E-state index in [9.17, 15) is 24.6 Å². The summed E-state index contributed by atoms with van der Waals surface area (Å²) in [5.41, 5.74) is 0.367. The van der Waals surface area contributed by atoms with Gasteiger partial charge in [-0.3, -0.25) is 14.4 Å². The van der Waals surface area contributed by atoms with Crippen LogP contribution in [0, 0.1) is 31.6 Å². The summed E-state index contributed by atoms with van der Waals surface area (Å²) in [7, 11) is 0. The molecule has 37 heavy (non-hydrogen) atoms. The lowest BCUT2D eigenvalue weighted by molar-refractivity contribution is -0.157. The highest BCUT2D eigenvalue weighted by atomic mass is 16.5. The van der Waals surface area contributed by atoms with Crippen LogP contribution in [0.1, 0.15) is 57.6 Å². The number of amides is 2. The van der Waals surface area contributed by atoms with Crippen molar-refractivity contribution in [1.82, 2.24) is 4.90 Å². The van der Waals surface area contributed by atoms with Crippen LogP contribution in [0.3, 0.4) is 0 Å². The van der Waals surface area contributed by atoms with Crippen molar-refractivity contribution in [1.29, 1.82) is 0 Å². The minimum absolute atomic E-state index is 0.149. The fraction of sp³-hybridized carbons (Fsp3) is 0.621. The number of carbonyl (C=O) groups excluding carboxylic acids is 2. The maximum absolute atomic E-state index is 14.6. The first-order chi connectivity index (χ1) is 17.5. The number of aliphatic hydroxyl groups is 1. The number of ether oxygens (including phenoxy) is 1. The van der Waals surface area contributed by atoms with Gasteiger partial charge in [0.1, 0.15) is 17.6 Å². The van der Waals surface area contributed by atoms with Crippen LogP contribution in [-0.4, -0.2) is 69.3 Å². The second-order valence-electron chi connectivity index (χ2n) is 11.4. The average Bonchev–Trinajstić information content (AvgIpc) is 3.46. The Balaban J connectivity index is 1.90. The first kappa shape index (κ1) is 27.3. The third kappa shape index (κ3) is 4.09. The summed E-state index contributed by atoms with van der Waals surface area (Å²) in [5, 5.41) is 20.7. The van der Waals surface area contributed by atoms with Gasteiger partial charge in [-0.25, -0.2) is 0 Å². The number of rotatable bonds is 10. The van der Waals surface area contributed by atoms with E-state index in [0.29, 0.717) is 31.4 Å². The summed E-state index contributed by atoms with van der Waals surface area (Å²) in [5.74, 6) is -3.67. The second-order valence-corrected chi connectivity index (χ2v) is 11.4. The molecular weight excluding hydrogens is 472 g/mol. The van der Waals surface area contributed by atoms with E-state index in [1.54, 1.807) is 11.0 Å². The highest BCUT2D eigenvalue weighted by molar-refractivity contribution is 6.05. The number of nitrogens with zero attached hydrogens (tertiary/aromatic N) is 2. The normalized spacial score (nSPS) is 31.1. The molecule has 2 amide bonds. The van der Waals surface area contributed by atoms with E-state index in [2.05, 4.69) is 6.58 Å². The van der Waals surface area contributed by atoms with Gasteiger partial charge in [0.25, 0.3) is 5.91 Å². The molecule has 202 valence electrons. The number of fused-ring (bicyclic) bond motifs is 1. The molecular formula is C29H40N2O6. The number of carboxylic acids is 1. The number of hydrogen-bond donors (Lipinski definition) is 2. The van der Waals surface area contributed by atoms with E-state index >= 15 is 0 Å². The Bertz CT molecular complexity index is 1100. The summed E-state index contributed by atoms with van der Waals surface area (Å²) >= 11 is 0. The number of aryl methyl sites for hydroxylation is 2. The van der Waals surface area contributed by atoms with Crippen LogP contribution < -0.4 is 4.90 Å². The van der Waals surface area contributed by atoms with Crippen molar-refractivity contribution < 1.29 is 29.3 Å². The zero-order valence-corrected chi connectivity index (χ0v) is 22.6. The molecule has 3 aliphatic heterocycles. The molecule has 3 heterocycles. The van der Waals surface area contributed by atoms with Crippen molar-refractivity contribution in [3.05, 3.63) is 42.0 Å². The van der Waals surface area contributed by atoms with Crippen molar-refractivity contribution in [2.24, 2.45) is 17.8 Å². The molecule has 3 saturated heterocycles. The van der Waals surface area contributed by atoms with Crippen LogP contribution in [-0.2, 0) is 19.1 Å². The van der Waals surface area contributed by atoms with Crippen molar-refractivity contribution >= 4 is 23.5 Å². The Morgan fingerprint density at radius 1 is 1.30 bits per heavy atom. The highest BCUT2D eigenvalue weighted by Gasteiger charge is 2.79. The minimum Gasteiger partial charge on any atom is -0.481 e. The number of anilines is 1. The number of carbonyl (C=O) groups is 3. The quantitative estimate of drug-likeness (QED) is 0.465. The molecule has 0 aliphatic carbocycles. The fourth-order valence-electron chi connectivity index (χ4n) is 7.12. The smallest absolute Gasteiger partial charge is 0.310 e. The third-order valence-corrected chi connectivity index (χ3v) is 8.70. The topological polar surface area (TPSA) is 107 Å². The van der Waals surface area contributed by atoms with Gasteiger partial charge in [-0.05, 0) is 62.6 Å². The molecule has 1 spiro atoms. The van der Waals surface area contributed by atoms with Gasteiger partial charge in [0, 0.05) is 12.2 Å². The van der Waals surface area contributed by atoms with E-state index in [1.165, 1.54) is 4.90 Å². The second kappa shape index (κ2) is 9.87. The van der Waals surface area contributed by atoms with Crippen LogP contribution in [0.15, 0.2) is 30.9 Å². The van der Waals surface area contributed by atoms with Gasteiger partial charge >= 0.3 is 5.97 Å². The molecule has 6 atom stereocenters. The molecule has 3 fully saturated rings. The molecule has 8 heteroatoms. The maximum Gasteiger partial charge on any atom is 0.310 e. The van der Waals surface area contributed by atoms with Gasteiger partial charge in [-0.1, -0.05) is 39.0 Å². The Hall–Kier alpha value is -2.71. The first-order valence-electron chi connectivity index (χ1n) is 13.3.